The van der Waals surface area contributed by atoms with Crippen LogP contribution in [0.1, 0.15) is 41.4 Å². The van der Waals surface area contributed by atoms with Crippen LogP contribution in [-0.4, -0.2) is 25.0 Å². The highest BCUT2D eigenvalue weighted by molar-refractivity contribution is 5.95. The van der Waals surface area contributed by atoms with E-state index in [1.165, 1.54) is 0 Å². The Balaban J connectivity index is 1.73. The third kappa shape index (κ3) is 3.16. The summed E-state index contributed by atoms with van der Waals surface area (Å²) in [7, 11) is 0. The molecule has 1 unspecified atom stereocenters. The van der Waals surface area contributed by atoms with Gasteiger partial charge in [0.2, 0.25) is 0 Å². The molecule has 5 nitrogen and oxygen atoms in total. The van der Waals surface area contributed by atoms with Gasteiger partial charge in [0.05, 0.1) is 6.10 Å². The molecule has 1 aliphatic rings. The lowest BCUT2D eigenvalue weighted by molar-refractivity contribution is 0.198. The summed E-state index contributed by atoms with van der Waals surface area (Å²) in [6, 6.07) is 18.6. The molecule has 6 rings (SSSR count). The van der Waals surface area contributed by atoms with Gasteiger partial charge in [0.15, 0.2) is 0 Å². The number of aliphatic hydroxyl groups is 1. The average molecular weight is 406 g/mol. The number of H-pyrrole nitrogens is 4. The van der Waals surface area contributed by atoms with E-state index >= 15 is 0 Å². The van der Waals surface area contributed by atoms with Gasteiger partial charge in [-0.25, -0.2) is 0 Å². The van der Waals surface area contributed by atoms with E-state index in [0.717, 1.165) is 60.5 Å². The fourth-order valence-electron chi connectivity index (χ4n) is 4.34. The smallest absolute Gasteiger partial charge is 0.0782 e. The number of rotatable bonds is 1. The Morgan fingerprint density at radius 1 is 0.645 bits per heavy atom. The summed E-state index contributed by atoms with van der Waals surface area (Å²) in [6.07, 6.45) is 7.78. The molecule has 0 radical (unpaired) electrons. The molecule has 0 fully saturated rings. The van der Waals surface area contributed by atoms with E-state index in [1.54, 1.807) is 6.92 Å². The van der Waals surface area contributed by atoms with Crippen LogP contribution in [-0.2, 0) is 0 Å². The highest BCUT2D eigenvalue weighted by Gasteiger charge is 2.10. The van der Waals surface area contributed by atoms with Gasteiger partial charge in [-0.15, -0.1) is 0 Å². The number of hydrogen-bond acceptors (Lipinski definition) is 1. The van der Waals surface area contributed by atoms with Crippen LogP contribution in [0.4, 0.5) is 0 Å². The highest BCUT2D eigenvalue weighted by atomic mass is 16.3. The van der Waals surface area contributed by atoms with E-state index in [0.29, 0.717) is 0 Å². The summed E-state index contributed by atoms with van der Waals surface area (Å²) < 4.78 is 0. The molecule has 0 aliphatic carbocycles. The SMILES string of the molecule is CC(O)c1cc2[nH]c1=Cc1[nH]c(c3ccccc13)C=c1ccc([nH]1)=Cc1ccc([nH]1)C=2. The first-order valence-corrected chi connectivity index (χ1v) is 10.4. The Hall–Kier alpha value is -3.96. The zero-order valence-corrected chi connectivity index (χ0v) is 17.0. The first-order valence-electron chi connectivity index (χ1n) is 10.4. The molecule has 5 heteroatoms. The third-order valence-corrected chi connectivity index (χ3v) is 5.80. The number of nitrogens with one attached hydrogen (secondary N) is 4. The van der Waals surface area contributed by atoms with Crippen molar-refractivity contribution >= 4 is 35.1 Å². The van der Waals surface area contributed by atoms with Gasteiger partial charge in [-0.1, -0.05) is 24.3 Å². The summed E-state index contributed by atoms with van der Waals surface area (Å²) in [6.45, 7) is 1.79. The van der Waals surface area contributed by atoms with E-state index in [1.807, 2.05) is 12.1 Å². The minimum atomic E-state index is -0.580. The molecule has 5 heterocycles. The van der Waals surface area contributed by atoms with Gasteiger partial charge < -0.3 is 25.0 Å². The number of benzene rings is 1. The maximum atomic E-state index is 10.4. The van der Waals surface area contributed by atoms with Crippen molar-refractivity contribution < 1.29 is 5.11 Å². The standard InChI is InChI=1S/C26H22N4O/c1-15(31)23-12-20-11-18-7-6-16(27-18)10-17-8-9-19(28-17)13-24-21-4-2-3-5-22(21)25(30-24)14-26(23)29-20/h2-15,27-31H,1H3. The van der Waals surface area contributed by atoms with Crippen molar-refractivity contribution in [3.63, 3.8) is 0 Å². The lowest BCUT2D eigenvalue weighted by Gasteiger charge is -1.99. The molecule has 1 atom stereocenters. The summed E-state index contributed by atoms with van der Waals surface area (Å²) in [5.74, 6) is 0. The maximum absolute atomic E-state index is 10.4. The Morgan fingerprint density at radius 2 is 1.29 bits per heavy atom. The fraction of sp³-hybridized carbons (Fsp3) is 0.0769. The number of aromatic amines is 4. The van der Waals surface area contributed by atoms with Crippen molar-refractivity contribution in [3.8, 4) is 0 Å². The summed E-state index contributed by atoms with van der Waals surface area (Å²) in [5.41, 5.74) is 4.93. The molecule has 4 aromatic heterocycles. The van der Waals surface area contributed by atoms with E-state index in [2.05, 4.69) is 86.7 Å². The van der Waals surface area contributed by atoms with Gasteiger partial charge in [-0.3, -0.25) is 0 Å². The van der Waals surface area contributed by atoms with Crippen LogP contribution in [0.25, 0.3) is 35.1 Å². The number of aromatic nitrogens is 4. The van der Waals surface area contributed by atoms with Crippen LogP contribution in [0.15, 0.2) is 54.6 Å². The van der Waals surface area contributed by atoms with E-state index in [-0.39, 0.29) is 0 Å². The van der Waals surface area contributed by atoms with Crippen molar-refractivity contribution in [2.45, 2.75) is 13.0 Å². The molecule has 0 saturated heterocycles. The van der Waals surface area contributed by atoms with Crippen molar-refractivity contribution in [3.05, 3.63) is 104 Å². The predicted octanol–water partition coefficient (Wildman–Crippen LogP) is 1.83. The largest absolute Gasteiger partial charge is 0.389 e. The Morgan fingerprint density at radius 3 is 2.00 bits per heavy atom. The summed E-state index contributed by atoms with van der Waals surface area (Å²) in [4.78, 5) is 13.9. The molecule has 5 N–H and O–H groups in total. The van der Waals surface area contributed by atoms with Gasteiger partial charge in [0, 0.05) is 60.5 Å². The molecule has 8 bridgehead atoms. The average Bonchev–Trinajstić information content (AvgIpc) is 3.52. The van der Waals surface area contributed by atoms with Crippen LogP contribution in [0, 0.1) is 0 Å². The minimum Gasteiger partial charge on any atom is -0.389 e. The molecule has 0 spiro atoms. The second kappa shape index (κ2) is 6.79. The van der Waals surface area contributed by atoms with E-state index in [4.69, 9.17) is 0 Å². The van der Waals surface area contributed by atoms with Crippen molar-refractivity contribution in [2.24, 2.45) is 0 Å². The van der Waals surface area contributed by atoms with Gasteiger partial charge >= 0.3 is 0 Å². The molecular formula is C26H22N4O. The lowest BCUT2D eigenvalue weighted by Crippen LogP contribution is -2.13. The molecule has 5 aromatic rings. The van der Waals surface area contributed by atoms with Crippen LogP contribution in [0.5, 0.6) is 0 Å². The number of hydrogen-bond donors (Lipinski definition) is 5. The maximum Gasteiger partial charge on any atom is 0.0782 e. The Labute approximate surface area is 177 Å². The van der Waals surface area contributed by atoms with Gasteiger partial charge in [-0.05, 0) is 61.6 Å². The fourth-order valence-corrected chi connectivity index (χ4v) is 4.34. The minimum absolute atomic E-state index is 0.580. The van der Waals surface area contributed by atoms with Crippen LogP contribution < -0.4 is 21.4 Å². The van der Waals surface area contributed by atoms with Gasteiger partial charge in [0.25, 0.3) is 0 Å². The van der Waals surface area contributed by atoms with Gasteiger partial charge in [0.1, 0.15) is 0 Å². The molecule has 31 heavy (non-hydrogen) atoms. The van der Waals surface area contributed by atoms with Crippen LogP contribution in [0.2, 0.25) is 0 Å². The second-order valence-corrected chi connectivity index (χ2v) is 8.08. The highest BCUT2D eigenvalue weighted by Crippen LogP contribution is 2.24. The first kappa shape index (κ1) is 17.9. The van der Waals surface area contributed by atoms with Crippen molar-refractivity contribution in [1.29, 1.82) is 0 Å². The second-order valence-electron chi connectivity index (χ2n) is 8.08. The molecule has 1 aliphatic heterocycles. The number of aliphatic hydroxyl groups excluding tert-OH is 1. The molecule has 1 aromatic carbocycles. The Bertz CT molecular complexity index is 1670. The zero-order chi connectivity index (χ0) is 20.9. The molecule has 0 saturated carbocycles. The lowest BCUT2D eigenvalue weighted by atomic mass is 10.1. The first-order chi connectivity index (χ1) is 15.1. The molecular weight excluding hydrogens is 384 g/mol. The van der Waals surface area contributed by atoms with Crippen molar-refractivity contribution in [1.82, 2.24) is 19.9 Å². The Kier molecular flexibility index (Phi) is 3.91. The monoisotopic (exact) mass is 406 g/mol. The molecule has 0 amide bonds. The van der Waals surface area contributed by atoms with E-state index in [9.17, 15) is 5.11 Å². The molecule has 152 valence electrons. The third-order valence-electron chi connectivity index (χ3n) is 5.80. The summed E-state index contributed by atoms with van der Waals surface area (Å²) in [5, 5.41) is 16.6. The topological polar surface area (TPSA) is 83.4 Å². The van der Waals surface area contributed by atoms with Crippen LogP contribution >= 0.6 is 0 Å². The van der Waals surface area contributed by atoms with Gasteiger partial charge in [-0.2, -0.15) is 0 Å². The predicted molar refractivity (Wildman–Crippen MR) is 124 cm³/mol. The number of fused-ring (bicyclic) bond motifs is 11. The normalized spacial score (nSPS) is 13.7. The quantitative estimate of drug-likeness (QED) is 0.284. The van der Waals surface area contributed by atoms with E-state index < -0.39 is 6.10 Å². The zero-order valence-electron chi connectivity index (χ0n) is 17.0. The van der Waals surface area contributed by atoms with Crippen molar-refractivity contribution in [2.75, 3.05) is 0 Å². The summed E-state index contributed by atoms with van der Waals surface area (Å²) >= 11 is 0. The van der Waals surface area contributed by atoms with Crippen LogP contribution in [0.3, 0.4) is 0 Å².